The predicted octanol–water partition coefficient (Wildman–Crippen LogP) is 1.75. The SMILES string of the molecule is Cn1cncc1C(N)c1ccc(F)c(F)c1. The number of halogens is 2. The summed E-state index contributed by atoms with van der Waals surface area (Å²) in [4.78, 5) is 3.92. The molecule has 0 fully saturated rings. The number of nitrogens with zero attached hydrogens (tertiary/aromatic N) is 2. The third-order valence-corrected chi connectivity index (χ3v) is 2.48. The second-order valence-corrected chi connectivity index (χ2v) is 3.58. The van der Waals surface area contributed by atoms with E-state index in [0.717, 1.165) is 17.8 Å². The molecule has 2 aromatic rings. The predicted molar refractivity (Wildman–Crippen MR) is 55.6 cm³/mol. The summed E-state index contributed by atoms with van der Waals surface area (Å²) in [6.07, 6.45) is 3.21. The Hall–Kier alpha value is -1.75. The second kappa shape index (κ2) is 4.02. The molecule has 0 saturated carbocycles. The van der Waals surface area contributed by atoms with Crippen molar-refractivity contribution in [1.29, 1.82) is 0 Å². The van der Waals surface area contributed by atoms with Gasteiger partial charge in [0.15, 0.2) is 11.6 Å². The van der Waals surface area contributed by atoms with Crippen LogP contribution in [0.5, 0.6) is 0 Å². The highest BCUT2D eigenvalue weighted by Crippen LogP contribution is 2.20. The van der Waals surface area contributed by atoms with E-state index in [2.05, 4.69) is 4.98 Å². The van der Waals surface area contributed by atoms with Gasteiger partial charge in [0.1, 0.15) is 0 Å². The van der Waals surface area contributed by atoms with Gasteiger partial charge in [-0.3, -0.25) is 0 Å². The third-order valence-electron chi connectivity index (χ3n) is 2.48. The number of aryl methyl sites for hydroxylation is 1. The first-order valence-electron chi connectivity index (χ1n) is 4.76. The van der Waals surface area contributed by atoms with Crippen molar-refractivity contribution < 1.29 is 8.78 Å². The molecule has 0 aliphatic rings. The molecule has 0 spiro atoms. The van der Waals surface area contributed by atoms with Crippen LogP contribution in [0.2, 0.25) is 0 Å². The molecule has 0 amide bonds. The van der Waals surface area contributed by atoms with Crippen LogP contribution in [0.1, 0.15) is 17.3 Å². The van der Waals surface area contributed by atoms with Gasteiger partial charge in [-0.05, 0) is 17.7 Å². The number of nitrogens with two attached hydrogens (primary N) is 1. The Morgan fingerprint density at radius 2 is 2.06 bits per heavy atom. The summed E-state index contributed by atoms with van der Waals surface area (Å²) in [6, 6.07) is 3.13. The van der Waals surface area contributed by atoms with Crippen LogP contribution in [0.3, 0.4) is 0 Å². The highest BCUT2D eigenvalue weighted by atomic mass is 19.2. The topological polar surface area (TPSA) is 43.8 Å². The van der Waals surface area contributed by atoms with Crippen molar-refractivity contribution in [1.82, 2.24) is 9.55 Å². The van der Waals surface area contributed by atoms with E-state index in [-0.39, 0.29) is 0 Å². The lowest BCUT2D eigenvalue weighted by atomic mass is 10.0. The number of hydrogen-bond acceptors (Lipinski definition) is 2. The molecular weight excluding hydrogens is 212 g/mol. The maximum Gasteiger partial charge on any atom is 0.159 e. The fraction of sp³-hybridized carbons (Fsp3) is 0.182. The van der Waals surface area contributed by atoms with E-state index < -0.39 is 17.7 Å². The summed E-state index contributed by atoms with van der Waals surface area (Å²) < 4.78 is 27.5. The van der Waals surface area contributed by atoms with Gasteiger partial charge in [-0.1, -0.05) is 6.07 Å². The maximum atomic E-state index is 13.0. The minimum atomic E-state index is -0.893. The van der Waals surface area contributed by atoms with Crippen molar-refractivity contribution in [2.24, 2.45) is 12.8 Å². The van der Waals surface area contributed by atoms with E-state index >= 15 is 0 Å². The van der Waals surface area contributed by atoms with Crippen LogP contribution < -0.4 is 5.73 Å². The maximum absolute atomic E-state index is 13.0. The molecular formula is C11H11F2N3. The summed E-state index contributed by atoms with van der Waals surface area (Å²) in [7, 11) is 1.79. The van der Waals surface area contributed by atoms with Gasteiger partial charge in [0.25, 0.3) is 0 Å². The van der Waals surface area contributed by atoms with E-state index in [4.69, 9.17) is 5.73 Å². The van der Waals surface area contributed by atoms with Crippen LogP contribution >= 0.6 is 0 Å². The van der Waals surface area contributed by atoms with Crippen LogP contribution in [0, 0.1) is 11.6 Å². The first-order chi connectivity index (χ1) is 7.59. The lowest BCUT2D eigenvalue weighted by Gasteiger charge is -2.12. The average Bonchev–Trinajstić information content (AvgIpc) is 2.67. The molecule has 1 aromatic heterocycles. The highest BCUT2D eigenvalue weighted by Gasteiger charge is 2.14. The number of hydrogen-bond donors (Lipinski definition) is 1. The van der Waals surface area contributed by atoms with Crippen molar-refractivity contribution in [3.63, 3.8) is 0 Å². The molecule has 0 bridgehead atoms. The van der Waals surface area contributed by atoms with Crippen LogP contribution in [0.25, 0.3) is 0 Å². The summed E-state index contributed by atoms with van der Waals surface area (Å²) >= 11 is 0. The van der Waals surface area contributed by atoms with Gasteiger partial charge < -0.3 is 10.3 Å². The number of rotatable bonds is 2. The molecule has 2 N–H and O–H groups in total. The van der Waals surface area contributed by atoms with Gasteiger partial charge >= 0.3 is 0 Å². The average molecular weight is 223 g/mol. The monoisotopic (exact) mass is 223 g/mol. The zero-order valence-corrected chi connectivity index (χ0v) is 8.69. The van der Waals surface area contributed by atoms with E-state index in [1.807, 2.05) is 0 Å². The van der Waals surface area contributed by atoms with Gasteiger partial charge in [0.2, 0.25) is 0 Å². The van der Waals surface area contributed by atoms with Crippen molar-refractivity contribution >= 4 is 0 Å². The van der Waals surface area contributed by atoms with Gasteiger partial charge in [-0.15, -0.1) is 0 Å². The Labute approximate surface area is 91.5 Å². The smallest absolute Gasteiger partial charge is 0.159 e. The Morgan fingerprint density at radius 3 is 2.62 bits per heavy atom. The van der Waals surface area contributed by atoms with E-state index in [1.54, 1.807) is 24.1 Å². The standard InChI is InChI=1S/C11H11F2N3/c1-16-6-15-5-10(16)11(14)7-2-3-8(12)9(13)4-7/h2-6,11H,14H2,1H3. The fourth-order valence-electron chi connectivity index (χ4n) is 1.54. The van der Waals surface area contributed by atoms with Gasteiger partial charge in [0.05, 0.1) is 24.3 Å². The van der Waals surface area contributed by atoms with Crippen LogP contribution in [-0.4, -0.2) is 9.55 Å². The van der Waals surface area contributed by atoms with Crippen molar-refractivity contribution in [3.8, 4) is 0 Å². The molecule has 2 rings (SSSR count). The van der Waals surface area contributed by atoms with E-state index in [9.17, 15) is 8.78 Å². The molecule has 1 heterocycles. The Bertz CT molecular complexity index is 508. The van der Waals surface area contributed by atoms with Gasteiger partial charge in [-0.25, -0.2) is 13.8 Å². The van der Waals surface area contributed by atoms with Crippen molar-refractivity contribution in [2.45, 2.75) is 6.04 Å². The largest absolute Gasteiger partial charge is 0.336 e. The third kappa shape index (κ3) is 1.81. The molecule has 0 saturated heterocycles. The molecule has 0 aliphatic carbocycles. The fourth-order valence-corrected chi connectivity index (χ4v) is 1.54. The normalized spacial score (nSPS) is 12.8. The van der Waals surface area contributed by atoms with Crippen molar-refractivity contribution in [2.75, 3.05) is 0 Å². The quantitative estimate of drug-likeness (QED) is 0.842. The summed E-state index contributed by atoms with van der Waals surface area (Å²) in [5.41, 5.74) is 7.19. The molecule has 1 unspecified atom stereocenters. The molecule has 84 valence electrons. The lowest BCUT2D eigenvalue weighted by Crippen LogP contribution is -2.15. The first kappa shape index (κ1) is 10.8. The van der Waals surface area contributed by atoms with Crippen LogP contribution in [0.4, 0.5) is 8.78 Å². The molecule has 1 aromatic carbocycles. The summed E-state index contributed by atoms with van der Waals surface area (Å²) in [5.74, 6) is -1.77. The second-order valence-electron chi connectivity index (χ2n) is 3.58. The van der Waals surface area contributed by atoms with Crippen molar-refractivity contribution in [3.05, 3.63) is 53.6 Å². The zero-order valence-electron chi connectivity index (χ0n) is 8.69. The van der Waals surface area contributed by atoms with Gasteiger partial charge in [-0.2, -0.15) is 0 Å². The Balaban J connectivity index is 2.38. The highest BCUT2D eigenvalue weighted by molar-refractivity contribution is 5.27. The molecule has 1 atom stereocenters. The molecule has 3 nitrogen and oxygen atoms in total. The Morgan fingerprint density at radius 1 is 1.31 bits per heavy atom. The molecule has 0 aliphatic heterocycles. The lowest BCUT2D eigenvalue weighted by molar-refractivity contribution is 0.506. The Kier molecular flexibility index (Phi) is 2.70. The van der Waals surface area contributed by atoms with E-state index in [0.29, 0.717) is 5.56 Å². The van der Waals surface area contributed by atoms with Crippen LogP contribution in [0.15, 0.2) is 30.7 Å². The van der Waals surface area contributed by atoms with Gasteiger partial charge in [0, 0.05) is 7.05 Å². The number of aromatic nitrogens is 2. The number of imidazole rings is 1. The first-order valence-corrected chi connectivity index (χ1v) is 4.76. The number of benzene rings is 1. The molecule has 0 radical (unpaired) electrons. The molecule has 16 heavy (non-hydrogen) atoms. The van der Waals surface area contributed by atoms with E-state index in [1.165, 1.54) is 6.07 Å². The minimum absolute atomic E-state index is 0.511. The summed E-state index contributed by atoms with van der Waals surface area (Å²) in [6.45, 7) is 0. The zero-order chi connectivity index (χ0) is 11.7. The van der Waals surface area contributed by atoms with Crippen LogP contribution in [-0.2, 0) is 7.05 Å². The molecule has 5 heteroatoms. The summed E-state index contributed by atoms with van der Waals surface area (Å²) in [5, 5.41) is 0. The minimum Gasteiger partial charge on any atom is -0.336 e.